The quantitative estimate of drug-likeness (QED) is 0.544. The largest absolute Gasteiger partial charge is 0.466 e. The Labute approximate surface area is 84.8 Å². The van der Waals surface area contributed by atoms with Gasteiger partial charge in [0, 0.05) is 12.6 Å². The van der Waals surface area contributed by atoms with Crippen LogP contribution in [-0.4, -0.2) is 25.7 Å². The molecule has 0 bridgehead atoms. The number of ether oxygens (including phenoxy) is 1. The number of methoxy groups -OCH3 is 1. The molecule has 1 N–H and O–H groups in total. The van der Waals surface area contributed by atoms with E-state index < -0.39 is 0 Å². The molecule has 1 rings (SSSR count). The molecule has 0 aromatic rings. The van der Waals surface area contributed by atoms with E-state index in [1.54, 1.807) is 6.08 Å². The SMILES string of the molecule is C=CCN[C@H]1CCCC=C1C(=O)OC. The summed E-state index contributed by atoms with van der Waals surface area (Å²) in [6.07, 6.45) is 6.85. The topological polar surface area (TPSA) is 38.3 Å². The monoisotopic (exact) mass is 195 g/mol. The van der Waals surface area contributed by atoms with Crippen LogP contribution in [0.1, 0.15) is 19.3 Å². The predicted octanol–water partition coefficient (Wildman–Crippen LogP) is 1.41. The van der Waals surface area contributed by atoms with Crippen LogP contribution in [0.3, 0.4) is 0 Å². The summed E-state index contributed by atoms with van der Waals surface area (Å²) in [5.41, 5.74) is 0.764. The van der Waals surface area contributed by atoms with E-state index in [1.165, 1.54) is 7.11 Å². The number of carbonyl (C=O) groups excluding carboxylic acids is 1. The third kappa shape index (κ3) is 2.70. The lowest BCUT2D eigenvalue weighted by atomic mass is 9.94. The van der Waals surface area contributed by atoms with E-state index in [2.05, 4.69) is 11.9 Å². The number of allylic oxidation sites excluding steroid dienone is 1. The van der Waals surface area contributed by atoms with Gasteiger partial charge in [0.15, 0.2) is 0 Å². The molecular formula is C11H17NO2. The van der Waals surface area contributed by atoms with Crippen LogP contribution < -0.4 is 5.32 Å². The van der Waals surface area contributed by atoms with Crippen molar-refractivity contribution in [2.45, 2.75) is 25.3 Å². The van der Waals surface area contributed by atoms with E-state index in [0.717, 1.165) is 31.4 Å². The molecule has 0 saturated carbocycles. The summed E-state index contributed by atoms with van der Waals surface area (Å²) in [5.74, 6) is -0.216. The van der Waals surface area contributed by atoms with E-state index >= 15 is 0 Å². The fraction of sp³-hybridized carbons (Fsp3) is 0.545. The molecule has 0 aromatic carbocycles. The van der Waals surface area contributed by atoms with Gasteiger partial charge in [0.25, 0.3) is 0 Å². The molecular weight excluding hydrogens is 178 g/mol. The lowest BCUT2D eigenvalue weighted by molar-refractivity contribution is -0.136. The van der Waals surface area contributed by atoms with Gasteiger partial charge in [-0.3, -0.25) is 0 Å². The van der Waals surface area contributed by atoms with E-state index in [-0.39, 0.29) is 12.0 Å². The van der Waals surface area contributed by atoms with Crippen molar-refractivity contribution in [2.75, 3.05) is 13.7 Å². The highest BCUT2D eigenvalue weighted by atomic mass is 16.5. The Morgan fingerprint density at radius 2 is 2.64 bits per heavy atom. The molecule has 1 aliphatic carbocycles. The second kappa shape index (κ2) is 5.60. The smallest absolute Gasteiger partial charge is 0.335 e. The maximum atomic E-state index is 11.4. The zero-order chi connectivity index (χ0) is 10.4. The van der Waals surface area contributed by atoms with Crippen molar-refractivity contribution in [3.63, 3.8) is 0 Å². The minimum atomic E-state index is -0.216. The average molecular weight is 195 g/mol. The summed E-state index contributed by atoms with van der Waals surface area (Å²) >= 11 is 0. The molecule has 0 fully saturated rings. The van der Waals surface area contributed by atoms with Crippen molar-refractivity contribution in [3.8, 4) is 0 Å². The molecule has 0 unspecified atom stereocenters. The van der Waals surface area contributed by atoms with Crippen LogP contribution >= 0.6 is 0 Å². The Morgan fingerprint density at radius 1 is 1.86 bits per heavy atom. The predicted molar refractivity (Wildman–Crippen MR) is 55.9 cm³/mol. The first-order valence-corrected chi connectivity index (χ1v) is 4.92. The summed E-state index contributed by atoms with van der Waals surface area (Å²) in [6, 6.07) is 0.134. The summed E-state index contributed by atoms with van der Waals surface area (Å²) in [5, 5.41) is 3.25. The molecule has 0 radical (unpaired) electrons. The number of carbonyl (C=O) groups is 1. The summed E-state index contributed by atoms with van der Waals surface area (Å²) < 4.78 is 4.73. The second-order valence-electron chi connectivity index (χ2n) is 3.33. The molecule has 1 aliphatic rings. The summed E-state index contributed by atoms with van der Waals surface area (Å²) in [6.45, 7) is 4.36. The van der Waals surface area contributed by atoms with E-state index in [4.69, 9.17) is 4.74 Å². The Hall–Kier alpha value is -1.09. The van der Waals surface area contributed by atoms with Crippen molar-refractivity contribution < 1.29 is 9.53 Å². The van der Waals surface area contributed by atoms with Crippen LogP contribution in [0.5, 0.6) is 0 Å². The maximum absolute atomic E-state index is 11.4. The van der Waals surface area contributed by atoms with Gasteiger partial charge in [-0.2, -0.15) is 0 Å². The first-order chi connectivity index (χ1) is 6.79. The van der Waals surface area contributed by atoms with Gasteiger partial charge < -0.3 is 10.1 Å². The van der Waals surface area contributed by atoms with Crippen LogP contribution in [0.25, 0.3) is 0 Å². The Kier molecular flexibility index (Phi) is 4.40. The standard InChI is InChI=1S/C11H17NO2/c1-3-8-12-10-7-5-4-6-9(10)11(13)14-2/h3,6,10,12H,1,4-5,7-8H2,2H3/t10-/m0/s1. The van der Waals surface area contributed by atoms with Crippen LogP contribution in [0.15, 0.2) is 24.3 Å². The third-order valence-corrected chi connectivity index (χ3v) is 2.37. The van der Waals surface area contributed by atoms with Crippen LogP contribution in [0, 0.1) is 0 Å². The molecule has 0 aliphatic heterocycles. The Balaban J connectivity index is 2.62. The molecule has 3 heteroatoms. The third-order valence-electron chi connectivity index (χ3n) is 2.37. The molecule has 0 aromatic heterocycles. The number of hydrogen-bond acceptors (Lipinski definition) is 3. The normalized spacial score (nSPS) is 21.2. The van der Waals surface area contributed by atoms with Gasteiger partial charge in [0.1, 0.15) is 0 Å². The summed E-state index contributed by atoms with van der Waals surface area (Å²) in [7, 11) is 1.42. The highest BCUT2D eigenvalue weighted by Gasteiger charge is 2.22. The minimum absolute atomic E-state index is 0.134. The molecule has 3 nitrogen and oxygen atoms in total. The molecule has 14 heavy (non-hydrogen) atoms. The van der Waals surface area contributed by atoms with Gasteiger partial charge in [-0.1, -0.05) is 12.2 Å². The number of nitrogens with one attached hydrogen (secondary N) is 1. The number of rotatable bonds is 4. The van der Waals surface area contributed by atoms with Gasteiger partial charge in [0.2, 0.25) is 0 Å². The van der Waals surface area contributed by atoms with Crippen LogP contribution in [-0.2, 0) is 9.53 Å². The fourth-order valence-corrected chi connectivity index (χ4v) is 1.66. The lowest BCUT2D eigenvalue weighted by Crippen LogP contribution is -2.35. The van der Waals surface area contributed by atoms with Crippen LogP contribution in [0.2, 0.25) is 0 Å². The highest BCUT2D eigenvalue weighted by molar-refractivity contribution is 5.89. The molecule has 1 atom stereocenters. The maximum Gasteiger partial charge on any atom is 0.335 e. The van der Waals surface area contributed by atoms with E-state index in [9.17, 15) is 4.79 Å². The van der Waals surface area contributed by atoms with Gasteiger partial charge >= 0.3 is 5.97 Å². The minimum Gasteiger partial charge on any atom is -0.466 e. The van der Waals surface area contributed by atoms with Gasteiger partial charge in [-0.25, -0.2) is 4.79 Å². The number of hydrogen-bond donors (Lipinski definition) is 1. The van der Waals surface area contributed by atoms with E-state index in [1.807, 2.05) is 6.08 Å². The van der Waals surface area contributed by atoms with E-state index in [0.29, 0.717) is 0 Å². The molecule has 0 spiro atoms. The molecule has 0 saturated heterocycles. The zero-order valence-electron chi connectivity index (χ0n) is 8.58. The average Bonchev–Trinajstić information content (AvgIpc) is 2.25. The Morgan fingerprint density at radius 3 is 3.29 bits per heavy atom. The fourth-order valence-electron chi connectivity index (χ4n) is 1.66. The van der Waals surface area contributed by atoms with Gasteiger partial charge in [-0.05, 0) is 19.3 Å². The molecule has 0 heterocycles. The van der Waals surface area contributed by atoms with Gasteiger partial charge in [-0.15, -0.1) is 6.58 Å². The summed E-state index contributed by atoms with van der Waals surface area (Å²) in [4.78, 5) is 11.4. The number of esters is 1. The highest BCUT2D eigenvalue weighted by Crippen LogP contribution is 2.19. The molecule has 0 amide bonds. The first kappa shape index (κ1) is 11.0. The van der Waals surface area contributed by atoms with Crippen molar-refractivity contribution in [1.29, 1.82) is 0 Å². The second-order valence-corrected chi connectivity index (χ2v) is 3.33. The van der Waals surface area contributed by atoms with Crippen molar-refractivity contribution in [3.05, 3.63) is 24.3 Å². The first-order valence-electron chi connectivity index (χ1n) is 4.92. The van der Waals surface area contributed by atoms with Crippen molar-refractivity contribution >= 4 is 5.97 Å². The Bertz CT molecular complexity index is 246. The van der Waals surface area contributed by atoms with Crippen molar-refractivity contribution in [2.24, 2.45) is 0 Å². The zero-order valence-corrected chi connectivity index (χ0v) is 8.58. The molecule has 78 valence electrons. The van der Waals surface area contributed by atoms with Crippen LogP contribution in [0.4, 0.5) is 0 Å². The van der Waals surface area contributed by atoms with Gasteiger partial charge in [0.05, 0.1) is 12.7 Å². The van der Waals surface area contributed by atoms with Crippen molar-refractivity contribution in [1.82, 2.24) is 5.32 Å². The lowest BCUT2D eigenvalue weighted by Gasteiger charge is -2.23.